The first-order valence-corrected chi connectivity index (χ1v) is 10.5. The van der Waals surface area contributed by atoms with Gasteiger partial charge in [0, 0.05) is 32.7 Å². The maximum atomic E-state index is 11.6. The minimum absolute atomic E-state index is 0.368. The lowest BCUT2D eigenvalue weighted by atomic mass is 10.0. The van der Waals surface area contributed by atoms with E-state index in [0.717, 1.165) is 37.9 Å². The Morgan fingerprint density at radius 3 is 2.37 bits per heavy atom. The summed E-state index contributed by atoms with van der Waals surface area (Å²) in [6, 6.07) is 0.746. The molecule has 7 nitrogen and oxygen atoms in total. The van der Waals surface area contributed by atoms with Crippen LogP contribution in [0.4, 0.5) is 4.79 Å². The van der Waals surface area contributed by atoms with Gasteiger partial charge in [0.05, 0.1) is 0 Å². The summed E-state index contributed by atoms with van der Waals surface area (Å²) < 4.78 is 5.20. The number of nitrogens with zero attached hydrogens (tertiary/aromatic N) is 2. The second kappa shape index (κ2) is 12.8. The van der Waals surface area contributed by atoms with Gasteiger partial charge in [0.2, 0.25) is 0 Å². The number of guanidine groups is 1. The molecule has 1 atom stereocenters. The van der Waals surface area contributed by atoms with Gasteiger partial charge < -0.3 is 25.6 Å². The molecule has 0 bridgehead atoms. The third kappa shape index (κ3) is 11.7. The highest BCUT2D eigenvalue weighted by Gasteiger charge is 2.17. The van der Waals surface area contributed by atoms with Crippen LogP contribution in [0.25, 0.3) is 0 Å². The van der Waals surface area contributed by atoms with E-state index in [2.05, 4.69) is 32.8 Å². The van der Waals surface area contributed by atoms with Crippen LogP contribution in [-0.4, -0.2) is 68.4 Å². The minimum Gasteiger partial charge on any atom is -0.444 e. The highest BCUT2D eigenvalue weighted by molar-refractivity contribution is 5.79. The van der Waals surface area contributed by atoms with Crippen LogP contribution < -0.4 is 16.0 Å². The molecule has 3 N–H and O–H groups in total. The van der Waals surface area contributed by atoms with E-state index in [1.54, 1.807) is 7.05 Å². The van der Waals surface area contributed by atoms with Crippen molar-refractivity contribution in [2.45, 2.75) is 77.9 Å². The Hall–Kier alpha value is -1.50. The normalized spacial score (nSPS) is 18.9. The van der Waals surface area contributed by atoms with Crippen molar-refractivity contribution in [1.82, 2.24) is 20.9 Å². The molecule has 0 spiro atoms. The average Bonchev–Trinajstić information content (AvgIpc) is 2.59. The van der Waals surface area contributed by atoms with Crippen LogP contribution in [-0.2, 0) is 4.74 Å². The van der Waals surface area contributed by atoms with Gasteiger partial charge in [0.25, 0.3) is 0 Å². The Morgan fingerprint density at radius 2 is 1.74 bits per heavy atom. The van der Waals surface area contributed by atoms with Crippen LogP contribution in [0.3, 0.4) is 0 Å². The molecular formula is C20H41N5O2. The molecule has 1 aliphatic rings. The van der Waals surface area contributed by atoms with Crippen molar-refractivity contribution >= 4 is 12.1 Å². The molecule has 1 amide bonds. The van der Waals surface area contributed by atoms with E-state index in [4.69, 9.17) is 4.74 Å². The topological polar surface area (TPSA) is 78.0 Å². The van der Waals surface area contributed by atoms with E-state index in [0.29, 0.717) is 6.54 Å². The van der Waals surface area contributed by atoms with Crippen molar-refractivity contribution in [3.05, 3.63) is 0 Å². The summed E-state index contributed by atoms with van der Waals surface area (Å²) in [6.45, 7) is 12.6. The number of unbranched alkanes of at least 4 members (excludes halogenated alkanes) is 1. The van der Waals surface area contributed by atoms with Gasteiger partial charge in [-0.2, -0.15) is 0 Å². The Labute approximate surface area is 165 Å². The average molecular weight is 384 g/mol. The van der Waals surface area contributed by atoms with Crippen molar-refractivity contribution < 1.29 is 9.53 Å². The predicted octanol–water partition coefficient (Wildman–Crippen LogP) is 2.72. The molecule has 1 aliphatic heterocycles. The van der Waals surface area contributed by atoms with Crippen LogP contribution in [0.5, 0.6) is 0 Å². The molecule has 0 aromatic carbocycles. The molecule has 1 unspecified atom stereocenters. The molecule has 1 rings (SSSR count). The van der Waals surface area contributed by atoms with Crippen LogP contribution in [0, 0.1) is 0 Å². The molecule has 1 fully saturated rings. The highest BCUT2D eigenvalue weighted by atomic mass is 16.6. The summed E-state index contributed by atoms with van der Waals surface area (Å²) in [5, 5.41) is 9.39. The van der Waals surface area contributed by atoms with Crippen molar-refractivity contribution in [1.29, 1.82) is 0 Å². The lowest BCUT2D eigenvalue weighted by Crippen LogP contribution is -2.40. The summed E-state index contributed by atoms with van der Waals surface area (Å²) in [5.74, 6) is 0.818. The summed E-state index contributed by atoms with van der Waals surface area (Å²) in [4.78, 5) is 18.4. The third-order valence-electron chi connectivity index (χ3n) is 4.64. The quantitative estimate of drug-likeness (QED) is 0.324. The molecule has 158 valence electrons. The molecule has 7 heteroatoms. The Kier molecular flexibility index (Phi) is 11.2. The van der Waals surface area contributed by atoms with Crippen molar-refractivity contribution in [2.75, 3.05) is 39.8 Å². The zero-order valence-corrected chi connectivity index (χ0v) is 18.1. The van der Waals surface area contributed by atoms with E-state index in [9.17, 15) is 4.79 Å². The number of hydrogen-bond donors (Lipinski definition) is 3. The number of hydrogen-bond acceptors (Lipinski definition) is 4. The fourth-order valence-corrected chi connectivity index (χ4v) is 3.16. The number of piperidine rings is 1. The SMILES string of the molecule is CN=C(NCCCCN1CCCCC1C)NCCCNC(=O)OC(C)(C)C. The van der Waals surface area contributed by atoms with E-state index in [1.807, 2.05) is 20.8 Å². The number of ether oxygens (including phenoxy) is 1. The molecule has 1 heterocycles. The lowest BCUT2D eigenvalue weighted by Gasteiger charge is -2.33. The van der Waals surface area contributed by atoms with Crippen LogP contribution in [0.15, 0.2) is 4.99 Å². The van der Waals surface area contributed by atoms with Crippen molar-refractivity contribution in [3.63, 3.8) is 0 Å². The first-order chi connectivity index (χ1) is 12.8. The predicted molar refractivity (Wildman–Crippen MR) is 112 cm³/mol. The standard InChI is InChI=1S/C20H41N5O2/c1-17-11-6-8-15-25(17)16-9-7-12-22-18(21-5)23-13-10-14-24-19(26)27-20(2,3)4/h17H,6-16H2,1-5H3,(H,24,26)(H2,21,22,23). The fraction of sp³-hybridized carbons (Fsp3) is 0.900. The number of amides is 1. The summed E-state index contributed by atoms with van der Waals surface area (Å²) in [7, 11) is 1.78. The lowest BCUT2D eigenvalue weighted by molar-refractivity contribution is 0.0527. The fourth-order valence-electron chi connectivity index (χ4n) is 3.16. The van der Waals surface area contributed by atoms with Gasteiger partial charge in [-0.15, -0.1) is 0 Å². The first-order valence-electron chi connectivity index (χ1n) is 10.5. The largest absolute Gasteiger partial charge is 0.444 e. The van der Waals surface area contributed by atoms with E-state index in [-0.39, 0.29) is 6.09 Å². The van der Waals surface area contributed by atoms with Gasteiger partial charge in [-0.3, -0.25) is 4.99 Å². The summed E-state index contributed by atoms with van der Waals surface area (Å²) in [6.07, 6.45) is 6.88. The molecule has 0 aromatic rings. The summed E-state index contributed by atoms with van der Waals surface area (Å²) >= 11 is 0. The molecule has 0 radical (unpaired) electrons. The molecule has 1 saturated heterocycles. The maximum Gasteiger partial charge on any atom is 0.407 e. The number of rotatable bonds is 9. The van der Waals surface area contributed by atoms with Gasteiger partial charge in [0.1, 0.15) is 5.60 Å². The number of alkyl carbamates (subject to hydrolysis) is 1. The Balaban J connectivity index is 2.02. The third-order valence-corrected chi connectivity index (χ3v) is 4.64. The van der Waals surface area contributed by atoms with Crippen molar-refractivity contribution in [2.24, 2.45) is 4.99 Å². The van der Waals surface area contributed by atoms with Gasteiger partial charge in [-0.05, 0) is 72.9 Å². The smallest absolute Gasteiger partial charge is 0.407 e. The second-order valence-corrected chi connectivity index (χ2v) is 8.30. The zero-order chi connectivity index (χ0) is 20.1. The molecular weight excluding hydrogens is 342 g/mol. The second-order valence-electron chi connectivity index (χ2n) is 8.30. The molecule has 0 saturated carbocycles. The minimum atomic E-state index is -0.458. The molecule has 0 aliphatic carbocycles. The Bertz CT molecular complexity index is 448. The zero-order valence-electron chi connectivity index (χ0n) is 18.1. The van der Waals surface area contributed by atoms with Gasteiger partial charge >= 0.3 is 6.09 Å². The first kappa shape index (κ1) is 23.5. The summed E-state index contributed by atoms with van der Waals surface area (Å²) in [5.41, 5.74) is -0.458. The van der Waals surface area contributed by atoms with Crippen molar-refractivity contribution in [3.8, 4) is 0 Å². The van der Waals surface area contributed by atoms with E-state index < -0.39 is 5.60 Å². The number of carbonyl (C=O) groups is 1. The molecule has 27 heavy (non-hydrogen) atoms. The highest BCUT2D eigenvalue weighted by Crippen LogP contribution is 2.16. The van der Waals surface area contributed by atoms with E-state index >= 15 is 0 Å². The van der Waals surface area contributed by atoms with Gasteiger partial charge in [0.15, 0.2) is 5.96 Å². The molecule has 0 aromatic heterocycles. The van der Waals surface area contributed by atoms with Crippen LogP contribution >= 0.6 is 0 Å². The maximum absolute atomic E-state index is 11.6. The number of nitrogens with one attached hydrogen (secondary N) is 3. The Morgan fingerprint density at radius 1 is 1.07 bits per heavy atom. The van der Waals surface area contributed by atoms with Crippen LogP contribution in [0.2, 0.25) is 0 Å². The van der Waals surface area contributed by atoms with Crippen LogP contribution in [0.1, 0.15) is 66.2 Å². The monoisotopic (exact) mass is 383 g/mol. The van der Waals surface area contributed by atoms with Gasteiger partial charge in [-0.1, -0.05) is 6.42 Å². The number of likely N-dealkylation sites (tertiary alicyclic amines) is 1. The van der Waals surface area contributed by atoms with Gasteiger partial charge in [-0.25, -0.2) is 4.79 Å². The number of carbonyl (C=O) groups excluding carboxylic acids is 1. The number of aliphatic imine (C=N–C) groups is 1. The van der Waals surface area contributed by atoms with E-state index in [1.165, 1.54) is 38.8 Å².